The predicted molar refractivity (Wildman–Crippen MR) is 126 cm³/mol. The normalized spacial score (nSPS) is 21.1. The van der Waals surface area contributed by atoms with Crippen molar-refractivity contribution in [2.24, 2.45) is 5.92 Å². The molecule has 2 fully saturated rings. The molecule has 1 aromatic carbocycles. The first-order valence-corrected chi connectivity index (χ1v) is 12.3. The number of carboxylic acid groups (broad SMARTS) is 1. The van der Waals surface area contributed by atoms with Gasteiger partial charge in [-0.15, -0.1) is 10.2 Å². The van der Waals surface area contributed by atoms with Gasteiger partial charge in [0.2, 0.25) is 5.13 Å². The summed E-state index contributed by atoms with van der Waals surface area (Å²) in [7, 11) is 0. The SMILES string of the molecule is O=C(O)CC1CCC(c2ccc(-c3ccc(Nc4nnc(C5CCC5)s4)cn3)cc2)CC1. The Kier molecular flexibility index (Phi) is 6.17. The highest BCUT2D eigenvalue weighted by atomic mass is 32.1. The summed E-state index contributed by atoms with van der Waals surface area (Å²) in [5.41, 5.74) is 4.31. The smallest absolute Gasteiger partial charge is 0.303 e. The topological polar surface area (TPSA) is 88.0 Å². The molecule has 0 atom stereocenters. The molecule has 0 amide bonds. The monoisotopic (exact) mass is 448 g/mol. The van der Waals surface area contributed by atoms with E-state index in [1.165, 1.54) is 24.8 Å². The fourth-order valence-electron chi connectivity index (χ4n) is 4.74. The molecular weight excluding hydrogens is 420 g/mol. The number of carboxylic acids is 1. The number of rotatable bonds is 7. The molecule has 2 aliphatic carbocycles. The number of nitrogens with one attached hydrogen (secondary N) is 1. The maximum absolute atomic E-state index is 10.9. The van der Waals surface area contributed by atoms with E-state index in [0.717, 1.165) is 52.8 Å². The standard InChI is InChI=1S/C25H28N4O2S/c30-23(31)14-16-4-6-17(7-5-16)18-8-10-19(11-9-18)22-13-12-21(15-26-22)27-25-29-28-24(32-25)20-2-1-3-20/h8-13,15-17,20H,1-7,14H2,(H,27,29)(H,30,31). The lowest BCUT2D eigenvalue weighted by Gasteiger charge is -2.28. The van der Waals surface area contributed by atoms with E-state index >= 15 is 0 Å². The summed E-state index contributed by atoms with van der Waals surface area (Å²) in [4.78, 5) is 15.6. The van der Waals surface area contributed by atoms with Crippen molar-refractivity contribution in [3.05, 3.63) is 53.2 Å². The van der Waals surface area contributed by atoms with E-state index in [-0.39, 0.29) is 0 Å². The molecule has 3 aromatic rings. The number of benzene rings is 1. The van der Waals surface area contributed by atoms with Crippen molar-refractivity contribution in [2.75, 3.05) is 5.32 Å². The highest BCUT2D eigenvalue weighted by molar-refractivity contribution is 7.15. The number of nitrogens with zero attached hydrogens (tertiary/aromatic N) is 3. The second-order valence-corrected chi connectivity index (χ2v) is 10.1. The first-order valence-electron chi connectivity index (χ1n) is 11.5. The average molecular weight is 449 g/mol. The first-order chi connectivity index (χ1) is 15.6. The number of hydrogen-bond donors (Lipinski definition) is 2. The number of anilines is 2. The van der Waals surface area contributed by atoms with Crippen LogP contribution in [0.4, 0.5) is 10.8 Å². The number of hydrogen-bond acceptors (Lipinski definition) is 6. The fraction of sp³-hybridized carbons (Fsp3) is 0.440. The van der Waals surface area contributed by atoms with Crippen LogP contribution in [0.1, 0.15) is 73.8 Å². The molecule has 6 nitrogen and oxygen atoms in total. The molecule has 2 aliphatic rings. The zero-order valence-electron chi connectivity index (χ0n) is 18.0. The van der Waals surface area contributed by atoms with Gasteiger partial charge in [0, 0.05) is 17.9 Å². The molecule has 2 aromatic heterocycles. The van der Waals surface area contributed by atoms with E-state index in [9.17, 15) is 4.79 Å². The molecule has 5 rings (SSSR count). The van der Waals surface area contributed by atoms with E-state index in [4.69, 9.17) is 5.11 Å². The molecule has 7 heteroatoms. The number of aliphatic carboxylic acids is 1. The summed E-state index contributed by atoms with van der Waals surface area (Å²) >= 11 is 1.64. The Hall–Kier alpha value is -2.80. The Morgan fingerprint density at radius 3 is 2.38 bits per heavy atom. The van der Waals surface area contributed by atoms with Crippen LogP contribution in [0.25, 0.3) is 11.3 Å². The Morgan fingerprint density at radius 1 is 0.969 bits per heavy atom. The lowest BCUT2D eigenvalue weighted by atomic mass is 9.77. The van der Waals surface area contributed by atoms with E-state index in [1.807, 2.05) is 18.3 Å². The lowest BCUT2D eigenvalue weighted by Crippen LogP contribution is -2.16. The summed E-state index contributed by atoms with van der Waals surface area (Å²) in [6, 6.07) is 12.8. The van der Waals surface area contributed by atoms with Crippen LogP contribution < -0.4 is 5.32 Å². The van der Waals surface area contributed by atoms with Gasteiger partial charge in [0.1, 0.15) is 5.01 Å². The third kappa shape index (κ3) is 4.83. The van der Waals surface area contributed by atoms with Crippen LogP contribution in [0.2, 0.25) is 0 Å². The van der Waals surface area contributed by atoms with Crippen LogP contribution in [0.3, 0.4) is 0 Å². The minimum atomic E-state index is -0.673. The van der Waals surface area contributed by atoms with Crippen molar-refractivity contribution in [1.29, 1.82) is 0 Å². The van der Waals surface area contributed by atoms with Crippen LogP contribution in [-0.4, -0.2) is 26.3 Å². The van der Waals surface area contributed by atoms with Gasteiger partial charge in [0.15, 0.2) is 0 Å². The summed E-state index contributed by atoms with van der Waals surface area (Å²) in [6.45, 7) is 0. The molecule has 2 heterocycles. The molecule has 0 aliphatic heterocycles. The van der Waals surface area contributed by atoms with E-state index in [2.05, 4.69) is 44.8 Å². The molecule has 0 saturated heterocycles. The van der Waals surface area contributed by atoms with E-state index < -0.39 is 5.97 Å². The molecule has 0 spiro atoms. The van der Waals surface area contributed by atoms with Crippen LogP contribution in [0.5, 0.6) is 0 Å². The Labute approximate surface area is 192 Å². The number of carbonyl (C=O) groups is 1. The van der Waals surface area contributed by atoms with Gasteiger partial charge < -0.3 is 10.4 Å². The minimum absolute atomic E-state index is 0.308. The minimum Gasteiger partial charge on any atom is -0.481 e. The highest BCUT2D eigenvalue weighted by Crippen LogP contribution is 2.39. The molecule has 0 unspecified atom stereocenters. The Balaban J connectivity index is 1.18. The van der Waals surface area contributed by atoms with Crippen molar-refractivity contribution in [3.8, 4) is 11.3 Å². The zero-order chi connectivity index (χ0) is 21.9. The van der Waals surface area contributed by atoms with Crippen molar-refractivity contribution in [1.82, 2.24) is 15.2 Å². The quantitative estimate of drug-likeness (QED) is 0.437. The summed E-state index contributed by atoms with van der Waals surface area (Å²) in [5.74, 6) is 0.800. The summed E-state index contributed by atoms with van der Waals surface area (Å²) in [6.07, 6.45) is 10.1. The van der Waals surface area contributed by atoms with Gasteiger partial charge in [-0.05, 0) is 68.1 Å². The van der Waals surface area contributed by atoms with Crippen molar-refractivity contribution < 1.29 is 9.90 Å². The van der Waals surface area contributed by atoms with Crippen molar-refractivity contribution in [3.63, 3.8) is 0 Å². The average Bonchev–Trinajstić information content (AvgIpc) is 3.21. The van der Waals surface area contributed by atoms with Crippen molar-refractivity contribution >= 4 is 28.1 Å². The van der Waals surface area contributed by atoms with Crippen LogP contribution in [0.15, 0.2) is 42.6 Å². The Morgan fingerprint density at radius 2 is 1.75 bits per heavy atom. The van der Waals surface area contributed by atoms with Gasteiger partial charge >= 0.3 is 5.97 Å². The van der Waals surface area contributed by atoms with Gasteiger partial charge in [-0.1, -0.05) is 42.0 Å². The predicted octanol–water partition coefficient (Wildman–Crippen LogP) is 6.36. The molecule has 0 bridgehead atoms. The van der Waals surface area contributed by atoms with Crippen LogP contribution >= 0.6 is 11.3 Å². The summed E-state index contributed by atoms with van der Waals surface area (Å²) in [5, 5.41) is 22.9. The zero-order valence-corrected chi connectivity index (χ0v) is 18.9. The molecule has 2 saturated carbocycles. The Bertz CT molecular complexity index is 1050. The lowest BCUT2D eigenvalue weighted by molar-refractivity contribution is -0.138. The maximum atomic E-state index is 10.9. The van der Waals surface area contributed by atoms with Crippen LogP contribution in [0, 0.1) is 5.92 Å². The third-order valence-electron chi connectivity index (χ3n) is 6.90. The van der Waals surface area contributed by atoms with Crippen molar-refractivity contribution in [2.45, 2.75) is 63.2 Å². The van der Waals surface area contributed by atoms with Gasteiger partial charge in [0.25, 0.3) is 0 Å². The molecule has 0 radical (unpaired) electrons. The van der Waals surface area contributed by atoms with Gasteiger partial charge in [-0.25, -0.2) is 0 Å². The summed E-state index contributed by atoms with van der Waals surface area (Å²) < 4.78 is 0. The highest BCUT2D eigenvalue weighted by Gasteiger charge is 2.24. The molecule has 166 valence electrons. The van der Waals surface area contributed by atoms with Gasteiger partial charge in [0.05, 0.1) is 17.6 Å². The molecule has 32 heavy (non-hydrogen) atoms. The largest absolute Gasteiger partial charge is 0.481 e. The van der Waals surface area contributed by atoms with Gasteiger partial charge in [-0.3, -0.25) is 9.78 Å². The van der Waals surface area contributed by atoms with Crippen LogP contribution in [-0.2, 0) is 4.79 Å². The van der Waals surface area contributed by atoms with E-state index in [0.29, 0.717) is 24.2 Å². The second-order valence-electron chi connectivity index (χ2n) is 9.07. The number of aromatic nitrogens is 3. The van der Waals surface area contributed by atoms with Gasteiger partial charge in [-0.2, -0.15) is 0 Å². The van der Waals surface area contributed by atoms with E-state index in [1.54, 1.807) is 11.3 Å². The first kappa shape index (κ1) is 21.1. The molecular formula is C25H28N4O2S. The third-order valence-corrected chi connectivity index (χ3v) is 7.90. The maximum Gasteiger partial charge on any atom is 0.303 e. The second kappa shape index (κ2) is 9.36. The number of pyridine rings is 1. The fourth-order valence-corrected chi connectivity index (χ4v) is 5.67. The molecule has 2 N–H and O–H groups in total.